The average Bonchev–Trinajstić information content (AvgIpc) is 3.53. The third-order valence-corrected chi connectivity index (χ3v) is 8.80. The van der Waals surface area contributed by atoms with Crippen molar-refractivity contribution in [3.63, 3.8) is 0 Å². The highest BCUT2D eigenvalue weighted by atomic mass is 79.9. The van der Waals surface area contributed by atoms with Crippen molar-refractivity contribution in [1.29, 1.82) is 0 Å². The molecule has 38 heavy (non-hydrogen) atoms. The molecule has 196 valence electrons. The third-order valence-electron chi connectivity index (χ3n) is 8.30. The van der Waals surface area contributed by atoms with Gasteiger partial charge >= 0.3 is 0 Å². The summed E-state index contributed by atoms with van der Waals surface area (Å²) in [6.45, 7) is 3.09. The smallest absolute Gasteiger partial charge is 0.259 e. The Morgan fingerprint density at radius 2 is 2.05 bits per heavy atom. The maximum absolute atomic E-state index is 13.7. The molecule has 11 heteroatoms. The van der Waals surface area contributed by atoms with Gasteiger partial charge in [0.15, 0.2) is 0 Å². The Morgan fingerprint density at radius 3 is 2.92 bits per heavy atom. The first kappa shape index (κ1) is 23.7. The second-order valence-corrected chi connectivity index (χ2v) is 11.7. The number of piperidine rings is 1. The molecule has 1 spiro atoms. The second-order valence-electron chi connectivity index (χ2n) is 10.8. The fourth-order valence-electron chi connectivity index (χ4n) is 6.68. The molecule has 1 aliphatic carbocycles. The zero-order valence-electron chi connectivity index (χ0n) is 21.3. The highest BCUT2D eigenvalue weighted by Crippen LogP contribution is 2.48. The van der Waals surface area contributed by atoms with Crippen LogP contribution < -0.4 is 15.6 Å². The van der Waals surface area contributed by atoms with Gasteiger partial charge in [0.05, 0.1) is 39.5 Å². The lowest BCUT2D eigenvalue weighted by Crippen LogP contribution is -2.50. The normalized spacial score (nSPS) is 24.7. The van der Waals surface area contributed by atoms with Crippen LogP contribution in [0.1, 0.15) is 29.6 Å². The molecule has 3 atom stereocenters. The summed E-state index contributed by atoms with van der Waals surface area (Å²) in [5.41, 5.74) is 2.73. The van der Waals surface area contributed by atoms with Crippen LogP contribution in [0.25, 0.3) is 22.2 Å². The van der Waals surface area contributed by atoms with Crippen molar-refractivity contribution in [2.45, 2.75) is 24.8 Å². The van der Waals surface area contributed by atoms with Crippen molar-refractivity contribution in [1.82, 2.24) is 28.8 Å². The molecular weight excluding hydrogens is 550 g/mol. The Hall–Kier alpha value is -3.44. The van der Waals surface area contributed by atoms with Gasteiger partial charge in [0, 0.05) is 44.4 Å². The number of fused-ring (bicyclic) bond motifs is 9. The molecule has 2 aliphatic heterocycles. The number of amides is 1. The molecule has 2 fully saturated rings. The minimum absolute atomic E-state index is 0.180. The van der Waals surface area contributed by atoms with Gasteiger partial charge in [-0.3, -0.25) is 19.8 Å². The summed E-state index contributed by atoms with van der Waals surface area (Å²) >= 11 is 3.57. The van der Waals surface area contributed by atoms with Crippen molar-refractivity contribution >= 4 is 38.8 Å². The molecule has 0 radical (unpaired) electrons. The lowest BCUT2D eigenvalue weighted by atomic mass is 9.90. The zero-order valence-corrected chi connectivity index (χ0v) is 22.9. The number of aryl methyl sites for hydroxylation is 2. The second kappa shape index (κ2) is 8.54. The first-order valence-corrected chi connectivity index (χ1v) is 13.7. The monoisotopic (exact) mass is 577 g/mol. The van der Waals surface area contributed by atoms with Crippen LogP contribution in [-0.2, 0) is 19.6 Å². The van der Waals surface area contributed by atoms with Crippen LogP contribution in [0.3, 0.4) is 0 Å². The van der Waals surface area contributed by atoms with Crippen LogP contribution in [-0.4, -0.2) is 60.9 Å². The molecule has 3 aliphatic rings. The standard InChI is InChI=1S/C27H28BrN7O3/c1-32-14-17-9-19(24(32)37)20-12-29-33(2)25(20)38-8-7-34-13-16-5-6-27(11-16,15-34)35-22-4-3-18(28)10-21(22)30-26(35)31-23(17)36/h3-4,9-10,12,14,16H,5-8,11,13,15H2,1-2H3,(H,30,31,36). The lowest BCUT2D eigenvalue weighted by molar-refractivity contribution is 0.0902. The summed E-state index contributed by atoms with van der Waals surface area (Å²) in [6, 6.07) is 7.72. The van der Waals surface area contributed by atoms with Gasteiger partial charge in [-0.15, -0.1) is 0 Å². The van der Waals surface area contributed by atoms with E-state index in [2.05, 4.69) is 41.9 Å². The first-order valence-electron chi connectivity index (χ1n) is 12.9. The number of nitrogens with one attached hydrogen (secondary N) is 1. The van der Waals surface area contributed by atoms with Crippen LogP contribution in [0.2, 0.25) is 0 Å². The number of carbonyl (C=O) groups is 1. The Balaban J connectivity index is 1.43. The van der Waals surface area contributed by atoms with Gasteiger partial charge in [-0.25, -0.2) is 9.67 Å². The quantitative estimate of drug-likeness (QED) is 0.344. The van der Waals surface area contributed by atoms with Gasteiger partial charge in [0.25, 0.3) is 11.5 Å². The number of hydrogen-bond donors (Lipinski definition) is 1. The molecule has 1 saturated carbocycles. The topological polar surface area (TPSA) is 99.2 Å². The first-order chi connectivity index (χ1) is 18.3. The number of nitrogens with zero attached hydrogens (tertiary/aromatic N) is 6. The molecule has 1 N–H and O–H groups in total. The van der Waals surface area contributed by atoms with Crippen LogP contribution in [0.5, 0.6) is 5.88 Å². The molecule has 7 rings (SSSR count). The molecule has 1 saturated heterocycles. The molecule has 5 heterocycles. The molecule has 1 aromatic carbocycles. The van der Waals surface area contributed by atoms with Crippen molar-refractivity contribution in [2.24, 2.45) is 20.0 Å². The van der Waals surface area contributed by atoms with Crippen molar-refractivity contribution in [3.05, 3.63) is 57.0 Å². The largest absolute Gasteiger partial charge is 0.476 e. The van der Waals surface area contributed by atoms with E-state index in [0.29, 0.717) is 41.0 Å². The summed E-state index contributed by atoms with van der Waals surface area (Å²) in [7, 11) is 3.45. The highest BCUT2D eigenvalue weighted by Gasteiger charge is 2.48. The summed E-state index contributed by atoms with van der Waals surface area (Å²) in [5, 5.41) is 7.47. The Kier molecular flexibility index (Phi) is 5.31. The van der Waals surface area contributed by atoms with Gasteiger partial charge in [-0.1, -0.05) is 15.9 Å². The van der Waals surface area contributed by atoms with Crippen LogP contribution in [0, 0.1) is 5.92 Å². The minimum atomic E-state index is -0.322. The zero-order chi connectivity index (χ0) is 26.2. The molecule has 3 aromatic heterocycles. The number of benzene rings is 1. The molecule has 10 nitrogen and oxygen atoms in total. The van der Waals surface area contributed by atoms with E-state index in [4.69, 9.17) is 9.72 Å². The van der Waals surface area contributed by atoms with Gasteiger partial charge in [-0.05, 0) is 49.4 Å². The SMILES string of the molecule is Cn1ncc2c1OCCN1CC3CCC(C3)(C1)n1c(nc3cc(Br)ccc31)NC(=O)c1cc-2c(=O)n(C)c1. The van der Waals surface area contributed by atoms with Crippen molar-refractivity contribution < 1.29 is 9.53 Å². The average molecular weight is 578 g/mol. The number of imidazole rings is 1. The van der Waals surface area contributed by atoms with Gasteiger partial charge in [0.2, 0.25) is 11.8 Å². The number of hydrogen-bond acceptors (Lipinski definition) is 6. The number of carbonyl (C=O) groups excluding carboxylic acids is 1. The van der Waals surface area contributed by atoms with E-state index in [0.717, 1.165) is 54.4 Å². The number of anilines is 1. The summed E-state index contributed by atoms with van der Waals surface area (Å²) in [6.07, 6.45) is 6.39. The van der Waals surface area contributed by atoms with E-state index >= 15 is 0 Å². The fourth-order valence-corrected chi connectivity index (χ4v) is 7.03. The Morgan fingerprint density at radius 1 is 1.18 bits per heavy atom. The molecule has 4 aromatic rings. The van der Waals surface area contributed by atoms with Crippen LogP contribution in [0.4, 0.5) is 5.95 Å². The fraction of sp³-hybridized carbons (Fsp3) is 0.407. The van der Waals surface area contributed by atoms with Crippen LogP contribution in [0.15, 0.2) is 45.9 Å². The molecule has 3 unspecified atom stereocenters. The van der Waals surface area contributed by atoms with E-state index in [1.54, 1.807) is 37.2 Å². The number of halogens is 1. The molecule has 1 amide bonds. The number of rotatable bonds is 0. The van der Waals surface area contributed by atoms with E-state index in [-0.39, 0.29) is 17.0 Å². The maximum atomic E-state index is 13.7. The van der Waals surface area contributed by atoms with E-state index in [9.17, 15) is 9.59 Å². The Labute approximate surface area is 227 Å². The van der Waals surface area contributed by atoms with Crippen LogP contribution >= 0.6 is 15.9 Å². The molecular formula is C27H28BrN7O3. The summed E-state index contributed by atoms with van der Waals surface area (Å²) in [4.78, 5) is 34.3. The van der Waals surface area contributed by atoms with Gasteiger partial charge in [-0.2, -0.15) is 5.10 Å². The van der Waals surface area contributed by atoms with E-state index < -0.39 is 0 Å². The predicted molar refractivity (Wildman–Crippen MR) is 147 cm³/mol. The summed E-state index contributed by atoms with van der Waals surface area (Å²) < 4.78 is 12.5. The number of ether oxygens (including phenoxy) is 1. The van der Waals surface area contributed by atoms with Gasteiger partial charge in [0.1, 0.15) is 6.61 Å². The Bertz CT molecular complexity index is 1670. The van der Waals surface area contributed by atoms with E-state index in [1.165, 1.54) is 4.57 Å². The van der Waals surface area contributed by atoms with Crippen molar-refractivity contribution in [2.75, 3.05) is 31.6 Å². The van der Waals surface area contributed by atoms with Crippen molar-refractivity contribution in [3.8, 4) is 17.0 Å². The number of aromatic nitrogens is 5. The maximum Gasteiger partial charge on any atom is 0.259 e. The lowest BCUT2D eigenvalue weighted by Gasteiger charge is -2.42. The predicted octanol–water partition coefficient (Wildman–Crippen LogP) is 3.35. The summed E-state index contributed by atoms with van der Waals surface area (Å²) in [5.74, 6) is 1.31. The third kappa shape index (κ3) is 3.63. The minimum Gasteiger partial charge on any atom is -0.476 e. The van der Waals surface area contributed by atoms with Gasteiger partial charge < -0.3 is 13.9 Å². The highest BCUT2D eigenvalue weighted by molar-refractivity contribution is 9.10. The molecule has 5 bridgehead atoms. The van der Waals surface area contributed by atoms with E-state index in [1.807, 2.05) is 12.1 Å². The number of pyridine rings is 1.